The number of aliphatic imine (C=N–C) groups is 1. The molecular formula is C25H28Cl3N7O9S. The summed E-state index contributed by atoms with van der Waals surface area (Å²) in [5, 5.41) is 34.4. The fourth-order valence-electron chi connectivity index (χ4n) is 5.83. The van der Waals surface area contributed by atoms with Crippen LogP contribution in [0.1, 0.15) is 23.2 Å². The summed E-state index contributed by atoms with van der Waals surface area (Å²) in [5.41, 5.74) is -2.09. The molecule has 0 aromatic heterocycles. The molecule has 244 valence electrons. The van der Waals surface area contributed by atoms with Gasteiger partial charge in [-0.1, -0.05) is 47.4 Å². The van der Waals surface area contributed by atoms with E-state index in [0.29, 0.717) is 0 Å². The summed E-state index contributed by atoms with van der Waals surface area (Å²) in [4.78, 5) is 57.6. The van der Waals surface area contributed by atoms with E-state index >= 15 is 0 Å². The summed E-state index contributed by atoms with van der Waals surface area (Å²) >= 11 is 17.0. The second-order valence-electron chi connectivity index (χ2n) is 10.9. The van der Waals surface area contributed by atoms with Gasteiger partial charge in [-0.25, -0.2) is 18.2 Å². The molecule has 16 nitrogen and oxygen atoms in total. The fourth-order valence-corrected chi connectivity index (χ4v) is 6.66. The van der Waals surface area contributed by atoms with Crippen LogP contribution >= 0.6 is 34.8 Å². The van der Waals surface area contributed by atoms with E-state index in [2.05, 4.69) is 32.8 Å². The van der Waals surface area contributed by atoms with Crippen molar-refractivity contribution in [3.05, 3.63) is 42.2 Å². The Morgan fingerprint density at radius 3 is 2.51 bits per heavy atom. The van der Waals surface area contributed by atoms with E-state index in [4.69, 9.17) is 39.5 Å². The molecule has 0 aliphatic carbocycles. The topological polar surface area (TPSA) is 219 Å². The summed E-state index contributed by atoms with van der Waals surface area (Å²) < 4.78 is 27.1. The zero-order valence-corrected chi connectivity index (χ0v) is 26.5. The molecule has 5 rings (SSSR count). The van der Waals surface area contributed by atoms with E-state index in [-0.39, 0.29) is 48.2 Å². The van der Waals surface area contributed by atoms with Gasteiger partial charge in [0.15, 0.2) is 15.5 Å². The Balaban J connectivity index is 1.51. The number of amides is 4. The van der Waals surface area contributed by atoms with E-state index in [1.165, 1.54) is 23.1 Å². The number of likely N-dealkylation sites (tertiary alicyclic amines) is 1. The van der Waals surface area contributed by atoms with Gasteiger partial charge in [0.2, 0.25) is 27.4 Å². The van der Waals surface area contributed by atoms with Gasteiger partial charge in [-0.2, -0.15) is 0 Å². The van der Waals surface area contributed by atoms with Gasteiger partial charge in [0.05, 0.1) is 29.3 Å². The number of hydrogen-bond donors (Lipinski definition) is 6. The molecule has 0 bridgehead atoms. The third-order valence-corrected chi connectivity index (χ3v) is 9.26. The highest BCUT2D eigenvalue weighted by atomic mass is 35.6. The lowest BCUT2D eigenvalue weighted by Gasteiger charge is -2.49. The first-order chi connectivity index (χ1) is 20.8. The molecule has 1 aromatic carbocycles. The highest BCUT2D eigenvalue weighted by molar-refractivity contribution is 7.90. The van der Waals surface area contributed by atoms with Crippen LogP contribution in [-0.2, 0) is 24.2 Å². The Morgan fingerprint density at radius 1 is 1.22 bits per heavy atom. The minimum absolute atomic E-state index is 0.0113. The van der Waals surface area contributed by atoms with Gasteiger partial charge < -0.3 is 35.8 Å². The average Bonchev–Trinajstić information content (AvgIpc) is 3.53. The summed E-state index contributed by atoms with van der Waals surface area (Å²) in [6.45, 7) is 2.48. The average molecular weight is 709 g/mol. The number of rotatable bonds is 6. The van der Waals surface area contributed by atoms with Crippen molar-refractivity contribution in [3.8, 4) is 0 Å². The van der Waals surface area contributed by atoms with E-state index in [0.717, 1.165) is 17.2 Å². The Kier molecular flexibility index (Phi) is 8.42. The third kappa shape index (κ3) is 6.12. The van der Waals surface area contributed by atoms with Gasteiger partial charge in [0.1, 0.15) is 12.6 Å². The maximum atomic E-state index is 13.3. The monoisotopic (exact) mass is 707 g/mol. The summed E-state index contributed by atoms with van der Waals surface area (Å²) in [7, 11) is -3.66. The van der Waals surface area contributed by atoms with E-state index in [9.17, 15) is 37.8 Å². The SMILES string of the molecule is C=C1NC2[C@H](CN3C(=O)CCC3=O)N=C(NC(=O)OCC(Cl)(Cl)Cl)N3CC(NC(=O)c4cccc(S(C)(=O)=O)c4)C(O)(O)C23N1. The number of hydrogen-bond acceptors (Lipinski definition) is 13. The quantitative estimate of drug-likeness (QED) is 0.118. The maximum Gasteiger partial charge on any atom is 0.414 e. The Bertz CT molecular complexity index is 1600. The van der Waals surface area contributed by atoms with Crippen molar-refractivity contribution >= 4 is 74.4 Å². The number of carbonyl (C=O) groups is 4. The molecule has 4 aliphatic rings. The highest BCUT2D eigenvalue weighted by Gasteiger charge is 2.74. The number of ether oxygens (including phenoxy) is 1. The second-order valence-corrected chi connectivity index (χ2v) is 15.4. The predicted octanol–water partition coefficient (Wildman–Crippen LogP) is -1.10. The van der Waals surface area contributed by atoms with E-state index in [1.807, 2.05) is 0 Å². The number of nitrogens with one attached hydrogen (secondary N) is 4. The van der Waals surface area contributed by atoms with Crippen molar-refractivity contribution in [2.45, 2.75) is 51.1 Å². The normalized spacial score (nSPS) is 27.3. The summed E-state index contributed by atoms with van der Waals surface area (Å²) in [6.07, 6.45) is -0.190. The molecule has 3 fully saturated rings. The number of nitrogens with zero attached hydrogens (tertiary/aromatic N) is 3. The molecule has 0 radical (unpaired) electrons. The minimum Gasteiger partial charge on any atom is -0.445 e. The predicted molar refractivity (Wildman–Crippen MR) is 159 cm³/mol. The summed E-state index contributed by atoms with van der Waals surface area (Å²) in [6, 6.07) is 1.44. The van der Waals surface area contributed by atoms with Crippen molar-refractivity contribution in [2.75, 3.05) is 26.0 Å². The number of carbonyl (C=O) groups excluding carboxylic acids is 4. The molecule has 1 aromatic rings. The molecule has 4 atom stereocenters. The van der Waals surface area contributed by atoms with Crippen LogP contribution in [0.15, 0.2) is 46.6 Å². The molecule has 20 heteroatoms. The minimum atomic E-state index is -3.66. The molecule has 3 unspecified atom stereocenters. The molecule has 3 saturated heterocycles. The van der Waals surface area contributed by atoms with Crippen molar-refractivity contribution in [1.29, 1.82) is 0 Å². The summed E-state index contributed by atoms with van der Waals surface area (Å²) in [5.74, 6) is -4.81. The van der Waals surface area contributed by atoms with Gasteiger partial charge in [-0.15, -0.1) is 0 Å². The smallest absolute Gasteiger partial charge is 0.414 e. The van der Waals surface area contributed by atoms with Crippen LogP contribution in [0.5, 0.6) is 0 Å². The fraction of sp³-hybridized carbons (Fsp3) is 0.480. The van der Waals surface area contributed by atoms with Crippen LogP contribution in [0.2, 0.25) is 0 Å². The molecular weight excluding hydrogens is 681 g/mol. The first kappa shape index (κ1) is 33.0. The molecule has 45 heavy (non-hydrogen) atoms. The number of guanidine groups is 1. The lowest BCUT2D eigenvalue weighted by Crippen LogP contribution is -2.78. The molecule has 1 spiro atoms. The van der Waals surface area contributed by atoms with E-state index in [1.54, 1.807) is 0 Å². The standard InChI is InChI=1S/C25H28Cl3N7O9S/c1-12-29-19-15(9-34-17(36)6-7-18(34)37)30-21(32-22(39)44-11-23(26,27)28)35-10-16(25(40,41)24(19,35)33-12)31-20(38)13-4-3-5-14(8-13)45(2,42)43/h3-5,8,15-16,19,29,33,40-41H,1,6-7,9-11H2,2H3,(H,31,38)(H,30,32,39)/t15-,16?,19?,24?/m0/s1. The van der Waals surface area contributed by atoms with Crippen molar-refractivity contribution in [3.63, 3.8) is 0 Å². The van der Waals surface area contributed by atoms with Gasteiger partial charge in [0.25, 0.3) is 5.91 Å². The first-order valence-corrected chi connectivity index (χ1v) is 16.3. The van der Waals surface area contributed by atoms with Gasteiger partial charge >= 0.3 is 6.09 Å². The Morgan fingerprint density at radius 2 is 1.89 bits per heavy atom. The molecule has 4 aliphatic heterocycles. The maximum absolute atomic E-state index is 13.3. The van der Waals surface area contributed by atoms with Crippen molar-refractivity contribution in [2.24, 2.45) is 4.99 Å². The molecule has 4 amide bonds. The number of halogens is 3. The Labute approximate surface area is 271 Å². The van der Waals surface area contributed by atoms with Crippen molar-refractivity contribution in [1.82, 2.24) is 31.1 Å². The largest absolute Gasteiger partial charge is 0.445 e. The van der Waals surface area contributed by atoms with Gasteiger partial charge in [-0.05, 0) is 18.2 Å². The molecule has 4 heterocycles. The number of alkyl halides is 3. The lowest BCUT2D eigenvalue weighted by molar-refractivity contribution is -0.231. The van der Waals surface area contributed by atoms with Crippen LogP contribution in [0, 0.1) is 0 Å². The number of benzene rings is 1. The third-order valence-electron chi connectivity index (χ3n) is 7.82. The van der Waals surface area contributed by atoms with E-state index < -0.39 is 73.6 Å². The first-order valence-electron chi connectivity index (χ1n) is 13.3. The highest BCUT2D eigenvalue weighted by Crippen LogP contribution is 2.45. The number of aliphatic hydroxyl groups is 2. The number of imide groups is 1. The molecule has 6 N–H and O–H groups in total. The Hall–Kier alpha value is -3.35. The second kappa shape index (κ2) is 11.5. The zero-order chi connectivity index (χ0) is 33.1. The number of alkyl carbamates (subject to hydrolysis) is 1. The number of sulfone groups is 1. The van der Waals surface area contributed by atoms with Crippen LogP contribution in [0.25, 0.3) is 0 Å². The van der Waals surface area contributed by atoms with Crippen LogP contribution in [0.3, 0.4) is 0 Å². The zero-order valence-electron chi connectivity index (χ0n) is 23.4. The van der Waals surface area contributed by atoms with Crippen LogP contribution < -0.4 is 21.3 Å². The van der Waals surface area contributed by atoms with Crippen LogP contribution in [-0.4, -0.2) is 118 Å². The van der Waals surface area contributed by atoms with Gasteiger partial charge in [-0.3, -0.25) is 24.6 Å². The lowest BCUT2D eigenvalue weighted by atomic mass is 9.85. The van der Waals surface area contributed by atoms with Crippen molar-refractivity contribution < 1.29 is 42.5 Å². The van der Waals surface area contributed by atoms with Gasteiger partial charge in [0, 0.05) is 31.2 Å². The molecule has 0 saturated carbocycles. The van der Waals surface area contributed by atoms with Crippen LogP contribution in [0.4, 0.5) is 4.79 Å².